The molecule has 0 bridgehead atoms. The first-order chi connectivity index (χ1) is 8.72. The summed E-state index contributed by atoms with van der Waals surface area (Å²) in [5.74, 6) is 2.55. The van der Waals surface area contributed by atoms with E-state index in [1.807, 2.05) is 25.1 Å². The minimum absolute atomic E-state index is 0.0835. The summed E-state index contributed by atoms with van der Waals surface area (Å²) in [7, 11) is 1.67. The van der Waals surface area contributed by atoms with Crippen LogP contribution in [0.4, 0.5) is 0 Å². The number of methoxy groups -OCH3 is 1. The summed E-state index contributed by atoms with van der Waals surface area (Å²) >= 11 is 0. The minimum atomic E-state index is -0.0835. The molecule has 0 amide bonds. The SMILES string of the molecule is COc1cccc(OCCC2CCC2)c1C(C)N. The minimum Gasteiger partial charge on any atom is -0.496 e. The van der Waals surface area contributed by atoms with Crippen molar-refractivity contribution in [3.63, 3.8) is 0 Å². The fraction of sp³-hybridized carbons (Fsp3) is 0.600. The lowest BCUT2D eigenvalue weighted by Gasteiger charge is -2.25. The fourth-order valence-electron chi connectivity index (χ4n) is 2.39. The molecule has 1 atom stereocenters. The molecule has 0 aromatic heterocycles. The van der Waals surface area contributed by atoms with E-state index >= 15 is 0 Å². The zero-order valence-electron chi connectivity index (χ0n) is 11.3. The highest BCUT2D eigenvalue weighted by atomic mass is 16.5. The summed E-state index contributed by atoms with van der Waals surface area (Å²) in [6.07, 6.45) is 5.26. The number of ether oxygens (including phenoxy) is 2. The third kappa shape index (κ3) is 2.96. The van der Waals surface area contributed by atoms with Gasteiger partial charge in [-0.2, -0.15) is 0 Å². The Balaban J connectivity index is 2.01. The number of nitrogens with two attached hydrogens (primary N) is 1. The predicted molar refractivity (Wildman–Crippen MR) is 73.0 cm³/mol. The first-order valence-electron chi connectivity index (χ1n) is 6.77. The molecule has 2 N–H and O–H groups in total. The molecule has 100 valence electrons. The Labute approximate surface area is 109 Å². The third-order valence-corrected chi connectivity index (χ3v) is 3.71. The van der Waals surface area contributed by atoms with Crippen molar-refractivity contribution in [1.82, 2.24) is 0 Å². The molecule has 1 aliphatic rings. The van der Waals surface area contributed by atoms with E-state index in [2.05, 4.69) is 0 Å². The van der Waals surface area contributed by atoms with Gasteiger partial charge < -0.3 is 15.2 Å². The second-order valence-corrected chi connectivity index (χ2v) is 5.09. The van der Waals surface area contributed by atoms with E-state index in [4.69, 9.17) is 15.2 Å². The molecule has 1 aromatic carbocycles. The molecular formula is C15H23NO2. The molecule has 1 fully saturated rings. The molecule has 1 aliphatic carbocycles. The highest BCUT2D eigenvalue weighted by Crippen LogP contribution is 2.34. The van der Waals surface area contributed by atoms with Gasteiger partial charge in [-0.1, -0.05) is 25.3 Å². The van der Waals surface area contributed by atoms with E-state index in [0.29, 0.717) is 0 Å². The lowest BCUT2D eigenvalue weighted by Crippen LogP contribution is -2.15. The average molecular weight is 249 g/mol. The van der Waals surface area contributed by atoms with Crippen LogP contribution < -0.4 is 15.2 Å². The van der Waals surface area contributed by atoms with Gasteiger partial charge in [0, 0.05) is 6.04 Å². The van der Waals surface area contributed by atoms with Crippen LogP contribution >= 0.6 is 0 Å². The van der Waals surface area contributed by atoms with E-state index in [0.717, 1.165) is 36.0 Å². The van der Waals surface area contributed by atoms with E-state index in [-0.39, 0.29) is 6.04 Å². The Hall–Kier alpha value is -1.22. The first-order valence-corrected chi connectivity index (χ1v) is 6.77. The van der Waals surface area contributed by atoms with Crippen LogP contribution in [0.1, 0.15) is 44.2 Å². The molecule has 1 saturated carbocycles. The van der Waals surface area contributed by atoms with E-state index in [1.165, 1.54) is 19.3 Å². The lowest BCUT2D eigenvalue weighted by molar-refractivity contribution is 0.219. The van der Waals surface area contributed by atoms with Crippen LogP contribution in [-0.2, 0) is 0 Å². The Kier molecular flexibility index (Phi) is 4.48. The van der Waals surface area contributed by atoms with Gasteiger partial charge >= 0.3 is 0 Å². The van der Waals surface area contributed by atoms with Crippen molar-refractivity contribution in [2.75, 3.05) is 13.7 Å². The van der Waals surface area contributed by atoms with Crippen LogP contribution in [0.25, 0.3) is 0 Å². The van der Waals surface area contributed by atoms with Gasteiger partial charge in [0.15, 0.2) is 0 Å². The molecule has 18 heavy (non-hydrogen) atoms. The number of benzene rings is 1. The van der Waals surface area contributed by atoms with Crippen molar-refractivity contribution < 1.29 is 9.47 Å². The molecule has 0 saturated heterocycles. The zero-order chi connectivity index (χ0) is 13.0. The van der Waals surface area contributed by atoms with Gasteiger partial charge in [-0.05, 0) is 31.4 Å². The smallest absolute Gasteiger partial charge is 0.127 e. The lowest BCUT2D eigenvalue weighted by atomic mass is 9.83. The van der Waals surface area contributed by atoms with Gasteiger partial charge in [0.05, 0.1) is 19.3 Å². The van der Waals surface area contributed by atoms with Gasteiger partial charge in [-0.15, -0.1) is 0 Å². The quantitative estimate of drug-likeness (QED) is 0.841. The maximum Gasteiger partial charge on any atom is 0.127 e. The van der Waals surface area contributed by atoms with Crippen LogP contribution in [-0.4, -0.2) is 13.7 Å². The number of rotatable bonds is 6. The number of hydrogen-bond acceptors (Lipinski definition) is 3. The molecule has 0 radical (unpaired) electrons. The molecule has 2 rings (SSSR count). The highest BCUT2D eigenvalue weighted by molar-refractivity contribution is 5.46. The van der Waals surface area contributed by atoms with E-state index in [9.17, 15) is 0 Å². The van der Waals surface area contributed by atoms with E-state index in [1.54, 1.807) is 7.11 Å². The summed E-state index contributed by atoms with van der Waals surface area (Å²) < 4.78 is 11.2. The largest absolute Gasteiger partial charge is 0.496 e. The summed E-state index contributed by atoms with van der Waals surface area (Å²) in [6, 6.07) is 5.77. The third-order valence-electron chi connectivity index (χ3n) is 3.71. The molecule has 0 heterocycles. The van der Waals surface area contributed by atoms with Gasteiger partial charge in [-0.3, -0.25) is 0 Å². The maximum absolute atomic E-state index is 6.00. The summed E-state index contributed by atoms with van der Waals surface area (Å²) in [5, 5.41) is 0. The first kappa shape index (κ1) is 13.2. The zero-order valence-corrected chi connectivity index (χ0v) is 11.3. The van der Waals surface area contributed by atoms with Gasteiger partial charge in [0.2, 0.25) is 0 Å². The Morgan fingerprint density at radius 1 is 1.33 bits per heavy atom. The summed E-state index contributed by atoms with van der Waals surface area (Å²) in [6.45, 7) is 2.73. The van der Waals surface area contributed by atoms with Gasteiger partial charge in [0.25, 0.3) is 0 Å². The second-order valence-electron chi connectivity index (χ2n) is 5.09. The van der Waals surface area contributed by atoms with Crippen LogP contribution in [0.5, 0.6) is 11.5 Å². The standard InChI is InChI=1S/C15H23NO2/c1-11(16)15-13(17-2)7-4-8-14(15)18-10-9-12-5-3-6-12/h4,7-8,11-12H,3,5-6,9-10,16H2,1-2H3. The molecule has 1 aromatic rings. The van der Waals surface area contributed by atoms with Crippen LogP contribution in [0, 0.1) is 5.92 Å². The van der Waals surface area contributed by atoms with Gasteiger partial charge in [-0.25, -0.2) is 0 Å². The molecular weight excluding hydrogens is 226 g/mol. The average Bonchev–Trinajstić information content (AvgIpc) is 2.31. The van der Waals surface area contributed by atoms with Crippen LogP contribution in [0.15, 0.2) is 18.2 Å². The fourth-order valence-corrected chi connectivity index (χ4v) is 2.39. The van der Waals surface area contributed by atoms with Crippen molar-refractivity contribution in [3.8, 4) is 11.5 Å². The normalized spacial score (nSPS) is 17.1. The van der Waals surface area contributed by atoms with Crippen molar-refractivity contribution >= 4 is 0 Å². The van der Waals surface area contributed by atoms with Crippen LogP contribution in [0.3, 0.4) is 0 Å². The van der Waals surface area contributed by atoms with Crippen molar-refractivity contribution in [2.24, 2.45) is 11.7 Å². The monoisotopic (exact) mass is 249 g/mol. The molecule has 0 spiro atoms. The Morgan fingerprint density at radius 3 is 2.61 bits per heavy atom. The van der Waals surface area contributed by atoms with Crippen LogP contribution in [0.2, 0.25) is 0 Å². The Morgan fingerprint density at radius 2 is 2.06 bits per heavy atom. The molecule has 0 aliphatic heterocycles. The van der Waals surface area contributed by atoms with E-state index < -0.39 is 0 Å². The highest BCUT2D eigenvalue weighted by Gasteiger charge is 2.18. The van der Waals surface area contributed by atoms with Crippen molar-refractivity contribution in [3.05, 3.63) is 23.8 Å². The second kappa shape index (κ2) is 6.10. The molecule has 1 unspecified atom stereocenters. The predicted octanol–water partition coefficient (Wildman–Crippen LogP) is 3.28. The summed E-state index contributed by atoms with van der Waals surface area (Å²) in [5.41, 5.74) is 6.97. The molecule has 3 nitrogen and oxygen atoms in total. The summed E-state index contributed by atoms with van der Waals surface area (Å²) in [4.78, 5) is 0. The van der Waals surface area contributed by atoms with Gasteiger partial charge in [0.1, 0.15) is 11.5 Å². The number of hydrogen-bond donors (Lipinski definition) is 1. The topological polar surface area (TPSA) is 44.5 Å². The molecule has 3 heteroatoms. The Bertz CT molecular complexity index is 386. The van der Waals surface area contributed by atoms with Crippen molar-refractivity contribution in [1.29, 1.82) is 0 Å². The maximum atomic E-state index is 6.00. The van der Waals surface area contributed by atoms with Crippen molar-refractivity contribution in [2.45, 2.75) is 38.6 Å².